The van der Waals surface area contributed by atoms with Crippen molar-refractivity contribution in [2.24, 2.45) is 0 Å². The Morgan fingerprint density at radius 1 is 1.45 bits per heavy atom. The molecule has 3 rings (SSSR count). The van der Waals surface area contributed by atoms with Crippen LogP contribution in [0.1, 0.15) is 24.8 Å². The molecule has 2 unspecified atom stereocenters. The lowest BCUT2D eigenvalue weighted by molar-refractivity contribution is -0.139. The van der Waals surface area contributed by atoms with E-state index >= 15 is 0 Å². The van der Waals surface area contributed by atoms with Gasteiger partial charge >= 0.3 is 5.97 Å². The molecule has 0 radical (unpaired) electrons. The minimum Gasteiger partial charge on any atom is -0.480 e. The molecule has 1 aromatic carbocycles. The molecule has 0 saturated carbocycles. The number of fused-ring (bicyclic) bond motifs is 1. The van der Waals surface area contributed by atoms with Crippen molar-refractivity contribution in [3.05, 3.63) is 46.1 Å². The summed E-state index contributed by atoms with van der Waals surface area (Å²) in [4.78, 5) is 23.8. The van der Waals surface area contributed by atoms with Gasteiger partial charge in [-0.2, -0.15) is 0 Å². The largest absolute Gasteiger partial charge is 0.480 e. The molecular weight excluding hydrogens is 309 g/mol. The predicted molar refractivity (Wildman–Crippen MR) is 81.4 cm³/mol. The molecule has 7 heteroatoms. The second kappa shape index (κ2) is 5.10. The summed E-state index contributed by atoms with van der Waals surface area (Å²) in [6, 6.07) is 2.96. The van der Waals surface area contributed by atoms with Gasteiger partial charge in [0.15, 0.2) is 5.43 Å². The van der Waals surface area contributed by atoms with E-state index in [0.717, 1.165) is 6.07 Å². The first-order valence-electron chi connectivity index (χ1n) is 6.67. The van der Waals surface area contributed by atoms with Crippen LogP contribution in [0.15, 0.2) is 33.7 Å². The van der Waals surface area contributed by atoms with Crippen molar-refractivity contribution < 1.29 is 18.7 Å². The zero-order valence-corrected chi connectivity index (χ0v) is 12.7. The van der Waals surface area contributed by atoms with Gasteiger partial charge in [0.1, 0.15) is 23.7 Å². The zero-order chi connectivity index (χ0) is 16.1. The van der Waals surface area contributed by atoms with Crippen molar-refractivity contribution in [3.8, 4) is 0 Å². The maximum atomic E-state index is 13.3. The standard InChI is InChI=1S/C15H14FNO4S/c1-15(2)12(14(19)20)17-13(22-15)9-6-21-10-4-3-7(16)5-8(10)11(9)18/h3-6,12-13,17H,1-2H3,(H,19,20). The number of aliphatic carboxylic acids is 1. The number of halogens is 1. The van der Waals surface area contributed by atoms with Crippen molar-refractivity contribution in [1.82, 2.24) is 5.32 Å². The molecule has 5 nitrogen and oxygen atoms in total. The summed E-state index contributed by atoms with van der Waals surface area (Å²) < 4.78 is 18.1. The van der Waals surface area contributed by atoms with Gasteiger partial charge in [0, 0.05) is 4.75 Å². The summed E-state index contributed by atoms with van der Waals surface area (Å²) >= 11 is 1.34. The highest BCUT2D eigenvalue weighted by Crippen LogP contribution is 2.45. The molecule has 1 saturated heterocycles. The van der Waals surface area contributed by atoms with Crippen LogP contribution in [0.5, 0.6) is 0 Å². The van der Waals surface area contributed by atoms with E-state index in [4.69, 9.17) is 4.42 Å². The van der Waals surface area contributed by atoms with E-state index in [1.165, 1.54) is 30.2 Å². The molecule has 1 aromatic heterocycles. The second-order valence-corrected chi connectivity index (χ2v) is 7.46. The fraction of sp³-hybridized carbons (Fsp3) is 0.333. The minimum absolute atomic E-state index is 0.150. The molecule has 2 atom stereocenters. The molecule has 0 bridgehead atoms. The second-order valence-electron chi connectivity index (χ2n) is 5.70. The summed E-state index contributed by atoms with van der Waals surface area (Å²) in [5.41, 5.74) is 0.236. The number of hydrogen-bond donors (Lipinski definition) is 2. The first-order chi connectivity index (χ1) is 10.3. The number of rotatable bonds is 2. The molecule has 116 valence electrons. The van der Waals surface area contributed by atoms with Crippen LogP contribution in [0.25, 0.3) is 11.0 Å². The van der Waals surface area contributed by atoms with E-state index < -0.39 is 27.9 Å². The van der Waals surface area contributed by atoms with Crippen molar-refractivity contribution in [2.45, 2.75) is 30.0 Å². The fourth-order valence-corrected chi connectivity index (χ4v) is 3.99. The fourth-order valence-electron chi connectivity index (χ4n) is 2.58. The van der Waals surface area contributed by atoms with Crippen LogP contribution in [-0.2, 0) is 4.79 Å². The van der Waals surface area contributed by atoms with E-state index in [9.17, 15) is 19.1 Å². The van der Waals surface area contributed by atoms with Gasteiger partial charge in [-0.05, 0) is 32.0 Å². The summed E-state index contributed by atoms with van der Waals surface area (Å²) in [6.45, 7) is 3.59. The van der Waals surface area contributed by atoms with Gasteiger partial charge in [-0.1, -0.05) is 0 Å². The van der Waals surface area contributed by atoms with E-state index in [0.29, 0.717) is 11.1 Å². The van der Waals surface area contributed by atoms with Gasteiger partial charge < -0.3 is 9.52 Å². The Morgan fingerprint density at radius 2 is 2.18 bits per heavy atom. The van der Waals surface area contributed by atoms with Gasteiger partial charge in [0.05, 0.1) is 16.3 Å². The number of benzene rings is 1. The summed E-state index contributed by atoms with van der Waals surface area (Å²) in [6.07, 6.45) is 1.31. The first kappa shape index (κ1) is 15.1. The molecule has 2 aromatic rings. The molecule has 1 aliphatic rings. The quantitative estimate of drug-likeness (QED) is 0.884. The van der Waals surface area contributed by atoms with E-state index in [2.05, 4.69) is 5.32 Å². The number of carboxylic acid groups (broad SMARTS) is 1. The van der Waals surface area contributed by atoms with Crippen LogP contribution in [-0.4, -0.2) is 21.9 Å². The molecule has 22 heavy (non-hydrogen) atoms. The average Bonchev–Trinajstić information content (AvgIpc) is 2.75. The maximum Gasteiger partial charge on any atom is 0.322 e. The van der Waals surface area contributed by atoms with Crippen LogP contribution < -0.4 is 10.7 Å². The molecule has 1 aliphatic heterocycles. The van der Waals surface area contributed by atoms with Gasteiger partial charge in [0.25, 0.3) is 0 Å². The van der Waals surface area contributed by atoms with Crippen LogP contribution in [0.2, 0.25) is 0 Å². The Hall–Kier alpha value is -1.86. The Balaban J connectivity index is 2.07. The Kier molecular flexibility index (Phi) is 3.49. The number of thioether (sulfide) groups is 1. The molecule has 0 spiro atoms. The lowest BCUT2D eigenvalue weighted by atomic mass is 10.0. The van der Waals surface area contributed by atoms with Gasteiger partial charge in [-0.15, -0.1) is 11.8 Å². The van der Waals surface area contributed by atoms with Crippen molar-refractivity contribution in [1.29, 1.82) is 0 Å². The van der Waals surface area contributed by atoms with Crippen LogP contribution >= 0.6 is 11.8 Å². The van der Waals surface area contributed by atoms with Crippen molar-refractivity contribution >= 4 is 28.7 Å². The van der Waals surface area contributed by atoms with E-state index in [1.54, 1.807) is 13.8 Å². The lowest BCUT2D eigenvalue weighted by Gasteiger charge is -2.20. The van der Waals surface area contributed by atoms with Crippen LogP contribution in [0.4, 0.5) is 4.39 Å². The summed E-state index contributed by atoms with van der Waals surface area (Å²) in [5.74, 6) is -1.50. The first-order valence-corrected chi connectivity index (χ1v) is 7.55. The topological polar surface area (TPSA) is 79.5 Å². The third-order valence-electron chi connectivity index (χ3n) is 3.73. The highest BCUT2D eigenvalue weighted by Gasteiger charge is 2.46. The molecule has 0 aliphatic carbocycles. The highest BCUT2D eigenvalue weighted by molar-refractivity contribution is 8.01. The number of carboxylic acids is 1. The molecular formula is C15H14FNO4S. The van der Waals surface area contributed by atoms with Gasteiger partial charge in [0.2, 0.25) is 0 Å². The Bertz CT molecular complexity index is 817. The third-order valence-corrected chi connectivity index (χ3v) is 5.19. The maximum absolute atomic E-state index is 13.3. The SMILES string of the molecule is CC1(C)SC(c2coc3ccc(F)cc3c2=O)NC1C(=O)O. The number of nitrogens with one attached hydrogen (secondary N) is 1. The minimum atomic E-state index is -0.976. The van der Waals surface area contributed by atoms with Crippen molar-refractivity contribution in [3.63, 3.8) is 0 Å². The predicted octanol–water partition coefficient (Wildman–Crippen LogP) is 2.50. The highest BCUT2D eigenvalue weighted by atomic mass is 32.2. The van der Waals surface area contributed by atoms with Crippen LogP contribution in [0.3, 0.4) is 0 Å². The summed E-state index contributed by atoms with van der Waals surface area (Å²) in [7, 11) is 0. The lowest BCUT2D eigenvalue weighted by Crippen LogP contribution is -2.43. The normalized spacial score (nSPS) is 23.8. The Morgan fingerprint density at radius 3 is 2.82 bits per heavy atom. The number of carbonyl (C=O) groups is 1. The summed E-state index contributed by atoms with van der Waals surface area (Å²) in [5, 5.41) is 11.8. The zero-order valence-electron chi connectivity index (χ0n) is 11.9. The van der Waals surface area contributed by atoms with Gasteiger partial charge in [-0.3, -0.25) is 14.9 Å². The van der Waals surface area contributed by atoms with E-state index in [-0.39, 0.29) is 10.8 Å². The van der Waals surface area contributed by atoms with Gasteiger partial charge in [-0.25, -0.2) is 4.39 Å². The number of hydrogen-bond acceptors (Lipinski definition) is 5. The van der Waals surface area contributed by atoms with Crippen LogP contribution in [0, 0.1) is 5.82 Å². The smallest absolute Gasteiger partial charge is 0.322 e. The molecule has 0 amide bonds. The monoisotopic (exact) mass is 323 g/mol. The molecule has 2 N–H and O–H groups in total. The van der Waals surface area contributed by atoms with Crippen molar-refractivity contribution in [2.75, 3.05) is 0 Å². The molecule has 1 fully saturated rings. The van der Waals surface area contributed by atoms with E-state index in [1.807, 2.05) is 0 Å². The molecule has 2 heterocycles. The Labute approximate surface area is 129 Å². The average molecular weight is 323 g/mol. The third kappa shape index (κ3) is 2.40.